The van der Waals surface area contributed by atoms with Crippen LogP contribution in [0.2, 0.25) is 0 Å². The Bertz CT molecular complexity index is 1220. The van der Waals surface area contributed by atoms with E-state index in [2.05, 4.69) is 15.5 Å². The SMILES string of the molecule is O=C(Oc1ccccc1/C=N\Nc1nc2ccccc2s1)c1ccc([N+](=O)[O-])cc1. The van der Waals surface area contributed by atoms with Crippen LogP contribution in [-0.2, 0) is 0 Å². The number of nitrogens with zero attached hydrogens (tertiary/aromatic N) is 3. The molecule has 0 bridgehead atoms. The van der Waals surface area contributed by atoms with Crippen molar-refractivity contribution in [3.8, 4) is 5.75 Å². The van der Waals surface area contributed by atoms with Crippen LogP contribution in [0.25, 0.3) is 10.2 Å². The zero-order valence-corrected chi connectivity index (χ0v) is 16.2. The lowest BCUT2D eigenvalue weighted by molar-refractivity contribution is -0.384. The monoisotopic (exact) mass is 418 g/mol. The molecular formula is C21H14N4O4S. The van der Waals surface area contributed by atoms with E-state index in [1.807, 2.05) is 24.3 Å². The Labute approximate surface area is 174 Å². The standard InChI is InChI=1S/C21H14N4O4S/c26-20(14-9-11-16(12-10-14)25(27)28)29-18-7-3-1-5-15(18)13-22-24-21-23-17-6-2-4-8-19(17)30-21/h1-13H,(H,23,24)/b22-13-. The van der Waals surface area contributed by atoms with Gasteiger partial charge in [-0.2, -0.15) is 5.10 Å². The number of hydrazone groups is 1. The van der Waals surface area contributed by atoms with E-state index in [4.69, 9.17) is 4.74 Å². The van der Waals surface area contributed by atoms with Gasteiger partial charge in [-0.15, -0.1) is 0 Å². The summed E-state index contributed by atoms with van der Waals surface area (Å²) in [6.45, 7) is 0. The van der Waals surface area contributed by atoms with E-state index in [-0.39, 0.29) is 11.3 Å². The van der Waals surface area contributed by atoms with Crippen molar-refractivity contribution in [3.05, 3.63) is 94.0 Å². The average molecular weight is 418 g/mol. The van der Waals surface area contributed by atoms with Crippen LogP contribution in [0.5, 0.6) is 5.75 Å². The van der Waals surface area contributed by atoms with Crippen molar-refractivity contribution in [2.75, 3.05) is 5.43 Å². The second-order valence-corrected chi connectivity index (χ2v) is 7.12. The van der Waals surface area contributed by atoms with Crippen LogP contribution in [-0.4, -0.2) is 22.1 Å². The zero-order chi connectivity index (χ0) is 20.9. The van der Waals surface area contributed by atoms with E-state index in [1.165, 1.54) is 41.8 Å². The number of benzene rings is 3. The van der Waals surface area contributed by atoms with Gasteiger partial charge in [-0.25, -0.2) is 9.78 Å². The lowest BCUT2D eigenvalue weighted by Crippen LogP contribution is -2.10. The second-order valence-electron chi connectivity index (χ2n) is 6.09. The Morgan fingerprint density at radius 1 is 1.07 bits per heavy atom. The number of aromatic nitrogens is 1. The highest BCUT2D eigenvalue weighted by Crippen LogP contribution is 2.25. The van der Waals surface area contributed by atoms with Gasteiger partial charge in [0.25, 0.3) is 5.69 Å². The van der Waals surface area contributed by atoms with Crippen molar-refractivity contribution in [1.82, 2.24) is 4.98 Å². The zero-order valence-electron chi connectivity index (χ0n) is 15.4. The number of nitro benzene ring substituents is 1. The number of para-hydroxylation sites is 2. The molecule has 0 spiro atoms. The van der Waals surface area contributed by atoms with Crippen LogP contribution >= 0.6 is 11.3 Å². The minimum Gasteiger partial charge on any atom is -0.422 e. The average Bonchev–Trinajstić information content (AvgIpc) is 3.18. The first-order chi connectivity index (χ1) is 14.6. The molecule has 1 heterocycles. The van der Waals surface area contributed by atoms with E-state index in [0.29, 0.717) is 16.4 Å². The van der Waals surface area contributed by atoms with Crippen LogP contribution in [0.3, 0.4) is 0 Å². The molecule has 0 unspecified atom stereocenters. The molecule has 30 heavy (non-hydrogen) atoms. The first-order valence-corrected chi connectivity index (χ1v) is 9.62. The van der Waals surface area contributed by atoms with Gasteiger partial charge in [-0.1, -0.05) is 35.6 Å². The second kappa shape index (κ2) is 8.50. The van der Waals surface area contributed by atoms with Crippen molar-refractivity contribution in [2.24, 2.45) is 5.10 Å². The molecule has 148 valence electrons. The van der Waals surface area contributed by atoms with Gasteiger partial charge in [0.15, 0.2) is 0 Å². The Balaban J connectivity index is 1.47. The van der Waals surface area contributed by atoms with Crippen molar-refractivity contribution in [2.45, 2.75) is 0 Å². The molecule has 0 radical (unpaired) electrons. The van der Waals surface area contributed by atoms with Gasteiger partial charge >= 0.3 is 5.97 Å². The molecule has 9 heteroatoms. The number of hydrogen-bond acceptors (Lipinski definition) is 8. The quantitative estimate of drug-likeness (QED) is 0.157. The lowest BCUT2D eigenvalue weighted by atomic mass is 10.2. The Hall–Kier alpha value is -4.11. The summed E-state index contributed by atoms with van der Waals surface area (Å²) in [5, 5.41) is 15.6. The van der Waals surface area contributed by atoms with Gasteiger partial charge in [0.2, 0.25) is 5.13 Å². The lowest BCUT2D eigenvalue weighted by Gasteiger charge is -2.07. The maximum Gasteiger partial charge on any atom is 0.343 e. The van der Waals surface area contributed by atoms with Crippen LogP contribution in [0, 0.1) is 10.1 Å². The van der Waals surface area contributed by atoms with Crippen molar-refractivity contribution >= 4 is 44.6 Å². The highest BCUT2D eigenvalue weighted by molar-refractivity contribution is 7.22. The minimum atomic E-state index is -0.620. The fourth-order valence-electron chi connectivity index (χ4n) is 2.64. The highest BCUT2D eigenvalue weighted by atomic mass is 32.1. The number of carbonyl (C=O) groups is 1. The number of ether oxygens (including phenoxy) is 1. The summed E-state index contributed by atoms with van der Waals surface area (Å²) in [6.07, 6.45) is 1.53. The van der Waals surface area contributed by atoms with E-state index < -0.39 is 10.9 Å². The summed E-state index contributed by atoms with van der Waals surface area (Å²) < 4.78 is 6.49. The molecule has 4 aromatic rings. The third kappa shape index (κ3) is 4.31. The maximum absolute atomic E-state index is 12.4. The van der Waals surface area contributed by atoms with E-state index in [0.717, 1.165) is 10.2 Å². The number of non-ortho nitro benzene ring substituents is 1. The smallest absolute Gasteiger partial charge is 0.343 e. The molecule has 1 aromatic heterocycles. The van der Waals surface area contributed by atoms with Gasteiger partial charge in [-0.3, -0.25) is 15.5 Å². The fraction of sp³-hybridized carbons (Fsp3) is 0. The number of fused-ring (bicyclic) bond motifs is 1. The molecule has 0 amide bonds. The number of esters is 1. The van der Waals surface area contributed by atoms with Crippen LogP contribution in [0.1, 0.15) is 15.9 Å². The number of anilines is 1. The van der Waals surface area contributed by atoms with E-state index in [9.17, 15) is 14.9 Å². The molecule has 0 saturated heterocycles. The van der Waals surface area contributed by atoms with Gasteiger partial charge in [0.05, 0.1) is 26.9 Å². The fourth-order valence-corrected chi connectivity index (χ4v) is 3.45. The third-order valence-corrected chi connectivity index (χ3v) is 5.03. The minimum absolute atomic E-state index is 0.0972. The van der Waals surface area contributed by atoms with Crippen LogP contribution < -0.4 is 10.2 Å². The predicted molar refractivity (Wildman–Crippen MR) is 115 cm³/mol. The number of carbonyl (C=O) groups excluding carboxylic acids is 1. The summed E-state index contributed by atoms with van der Waals surface area (Å²) in [4.78, 5) is 27.0. The predicted octanol–water partition coefficient (Wildman–Crippen LogP) is 4.87. The normalized spacial score (nSPS) is 10.9. The van der Waals surface area contributed by atoms with Gasteiger partial charge in [-0.05, 0) is 36.4 Å². The maximum atomic E-state index is 12.4. The molecule has 0 aliphatic rings. The van der Waals surface area contributed by atoms with Crippen molar-refractivity contribution < 1.29 is 14.5 Å². The number of nitro groups is 1. The van der Waals surface area contributed by atoms with Crippen molar-refractivity contribution in [1.29, 1.82) is 0 Å². The number of nitrogens with one attached hydrogen (secondary N) is 1. The van der Waals surface area contributed by atoms with Crippen molar-refractivity contribution in [3.63, 3.8) is 0 Å². The number of rotatable bonds is 6. The molecule has 4 rings (SSSR count). The Morgan fingerprint density at radius 3 is 2.57 bits per heavy atom. The third-order valence-electron chi connectivity index (χ3n) is 4.09. The molecule has 0 fully saturated rings. The molecule has 0 atom stereocenters. The Morgan fingerprint density at radius 2 is 1.80 bits per heavy atom. The summed E-state index contributed by atoms with van der Waals surface area (Å²) in [5.74, 6) is -0.305. The van der Waals surface area contributed by atoms with E-state index >= 15 is 0 Å². The summed E-state index contributed by atoms with van der Waals surface area (Å²) in [7, 11) is 0. The van der Waals surface area contributed by atoms with Gasteiger partial charge < -0.3 is 4.74 Å². The van der Waals surface area contributed by atoms with Gasteiger partial charge in [0.1, 0.15) is 5.75 Å². The molecule has 1 N–H and O–H groups in total. The van der Waals surface area contributed by atoms with Crippen LogP contribution in [0.4, 0.5) is 10.8 Å². The molecule has 0 aliphatic heterocycles. The van der Waals surface area contributed by atoms with Gasteiger partial charge in [0, 0.05) is 17.7 Å². The number of thiazole rings is 1. The summed E-state index contributed by atoms with van der Waals surface area (Å²) in [6, 6.07) is 19.9. The summed E-state index contributed by atoms with van der Waals surface area (Å²) in [5.41, 5.74) is 4.47. The molecular weight excluding hydrogens is 404 g/mol. The van der Waals surface area contributed by atoms with Crippen LogP contribution in [0.15, 0.2) is 77.9 Å². The largest absolute Gasteiger partial charge is 0.422 e. The van der Waals surface area contributed by atoms with E-state index in [1.54, 1.807) is 24.3 Å². The molecule has 0 aliphatic carbocycles. The first-order valence-electron chi connectivity index (χ1n) is 8.80. The molecule has 3 aromatic carbocycles. The Kier molecular flexibility index (Phi) is 5.44. The highest BCUT2D eigenvalue weighted by Gasteiger charge is 2.13. The number of hydrogen-bond donors (Lipinski definition) is 1. The summed E-state index contributed by atoms with van der Waals surface area (Å²) >= 11 is 1.48. The molecule has 8 nitrogen and oxygen atoms in total. The molecule has 0 saturated carbocycles. The first kappa shape index (κ1) is 19.2. The topological polar surface area (TPSA) is 107 Å².